The second-order valence-electron chi connectivity index (χ2n) is 7.94. The molecule has 2 aromatic rings. The molecule has 0 aliphatic heterocycles. The second kappa shape index (κ2) is 9.15. The van der Waals surface area contributed by atoms with Gasteiger partial charge in [-0.2, -0.15) is 3.71 Å². The lowest BCUT2D eigenvalue weighted by Crippen LogP contribution is -2.35. The maximum Gasteiger partial charge on any atom is 0.339 e. The number of hydrogen-bond acceptors (Lipinski definition) is 6. The SMILES string of the molecule is CCOC(=O)C1=C(c2ccccc2)c2cc(N(S(C)(=O)=O)S(C)(=O)=O)cc(C)c2CC=C1C. The highest BCUT2D eigenvalue weighted by atomic mass is 32.3. The maximum absolute atomic E-state index is 13.1. The lowest BCUT2D eigenvalue weighted by atomic mass is 9.87. The summed E-state index contributed by atoms with van der Waals surface area (Å²) in [5, 5.41) is 0. The average Bonchev–Trinajstić information content (AvgIpc) is 2.83. The third-order valence-electron chi connectivity index (χ3n) is 5.34. The van der Waals surface area contributed by atoms with Crippen LogP contribution < -0.4 is 3.71 Å². The quantitative estimate of drug-likeness (QED) is 0.575. The molecule has 0 heterocycles. The number of esters is 1. The summed E-state index contributed by atoms with van der Waals surface area (Å²) in [6.45, 7) is 5.55. The number of sulfonamides is 2. The smallest absolute Gasteiger partial charge is 0.339 e. The van der Waals surface area contributed by atoms with Crippen LogP contribution in [0, 0.1) is 6.92 Å². The normalized spacial score (nSPS) is 14.3. The van der Waals surface area contributed by atoms with Crippen molar-refractivity contribution in [3.8, 4) is 0 Å². The van der Waals surface area contributed by atoms with Crippen LogP contribution in [-0.2, 0) is 36.0 Å². The van der Waals surface area contributed by atoms with Crippen LogP contribution in [0.5, 0.6) is 0 Å². The van der Waals surface area contributed by atoms with Gasteiger partial charge in [-0.15, -0.1) is 0 Å². The van der Waals surface area contributed by atoms with E-state index in [9.17, 15) is 21.6 Å². The summed E-state index contributed by atoms with van der Waals surface area (Å²) in [6.07, 6.45) is 4.11. The Hall–Kier alpha value is -2.91. The molecule has 1 aliphatic carbocycles. The first-order valence-electron chi connectivity index (χ1n) is 10.3. The number of allylic oxidation sites excluding steroid dienone is 1. The first-order valence-corrected chi connectivity index (χ1v) is 14.0. The number of ether oxygens (including phenoxy) is 1. The molecular weight excluding hydrogens is 462 g/mol. The van der Waals surface area contributed by atoms with Crippen molar-refractivity contribution in [3.05, 3.63) is 81.9 Å². The average molecular weight is 490 g/mol. The van der Waals surface area contributed by atoms with Crippen LogP contribution >= 0.6 is 0 Å². The van der Waals surface area contributed by atoms with Gasteiger partial charge in [0.15, 0.2) is 0 Å². The number of anilines is 1. The number of rotatable bonds is 6. The second-order valence-corrected chi connectivity index (χ2v) is 11.8. The number of carbonyl (C=O) groups excluding carboxylic acids is 1. The van der Waals surface area contributed by atoms with E-state index in [1.165, 1.54) is 6.07 Å². The standard InChI is InChI=1S/C24H27NO6S2/c1-6-31-24(26)22-16(2)12-13-20-17(3)14-19(25(32(4,27)28)33(5,29)30)15-21(20)23(22)18-10-8-7-9-11-18/h7-12,14-15H,6,13H2,1-5H3. The third-order valence-corrected chi connectivity index (χ3v) is 8.59. The molecule has 0 bridgehead atoms. The first-order chi connectivity index (χ1) is 15.4. The number of aryl methyl sites for hydroxylation is 1. The molecule has 3 rings (SSSR count). The van der Waals surface area contributed by atoms with E-state index < -0.39 is 26.0 Å². The van der Waals surface area contributed by atoms with E-state index >= 15 is 0 Å². The zero-order valence-corrected chi connectivity index (χ0v) is 20.9. The molecule has 0 saturated heterocycles. The summed E-state index contributed by atoms with van der Waals surface area (Å²) in [4.78, 5) is 13.1. The number of nitrogens with zero attached hydrogens (tertiary/aromatic N) is 1. The van der Waals surface area contributed by atoms with E-state index in [0.29, 0.717) is 32.4 Å². The minimum Gasteiger partial charge on any atom is -0.462 e. The zero-order valence-electron chi connectivity index (χ0n) is 19.2. The van der Waals surface area contributed by atoms with Crippen molar-refractivity contribution in [2.24, 2.45) is 0 Å². The summed E-state index contributed by atoms with van der Waals surface area (Å²) in [7, 11) is -8.27. The lowest BCUT2D eigenvalue weighted by molar-refractivity contribution is -0.138. The molecule has 0 N–H and O–H groups in total. The Morgan fingerprint density at radius 3 is 2.15 bits per heavy atom. The third kappa shape index (κ3) is 5.04. The summed E-state index contributed by atoms with van der Waals surface area (Å²) < 4.78 is 55.5. The summed E-state index contributed by atoms with van der Waals surface area (Å²) in [5.41, 5.74) is 4.56. The summed E-state index contributed by atoms with van der Waals surface area (Å²) in [6, 6.07) is 12.3. The van der Waals surface area contributed by atoms with E-state index in [1.807, 2.05) is 43.3 Å². The van der Waals surface area contributed by atoms with Crippen molar-refractivity contribution in [2.75, 3.05) is 22.8 Å². The minimum absolute atomic E-state index is 0.00700. The molecule has 7 nitrogen and oxygen atoms in total. The maximum atomic E-state index is 13.1. The number of carbonyl (C=O) groups is 1. The van der Waals surface area contributed by atoms with Crippen LogP contribution in [0.4, 0.5) is 5.69 Å². The molecule has 0 saturated carbocycles. The van der Waals surface area contributed by atoms with Crippen LogP contribution in [0.3, 0.4) is 0 Å². The highest BCUT2D eigenvalue weighted by Gasteiger charge is 2.31. The van der Waals surface area contributed by atoms with Gasteiger partial charge in [0.1, 0.15) is 0 Å². The van der Waals surface area contributed by atoms with Gasteiger partial charge in [-0.1, -0.05) is 36.4 Å². The highest BCUT2D eigenvalue weighted by molar-refractivity contribution is 8.09. The Morgan fingerprint density at radius 2 is 1.61 bits per heavy atom. The molecule has 0 radical (unpaired) electrons. The van der Waals surface area contributed by atoms with Crippen molar-refractivity contribution in [2.45, 2.75) is 27.2 Å². The van der Waals surface area contributed by atoms with E-state index in [4.69, 9.17) is 4.74 Å². The van der Waals surface area contributed by atoms with E-state index in [2.05, 4.69) is 0 Å². The van der Waals surface area contributed by atoms with Crippen LogP contribution in [0.25, 0.3) is 5.57 Å². The Balaban J connectivity index is 2.47. The topological polar surface area (TPSA) is 97.8 Å². The number of benzene rings is 2. The van der Waals surface area contributed by atoms with Gasteiger partial charge in [0.2, 0.25) is 20.0 Å². The van der Waals surface area contributed by atoms with Crippen molar-refractivity contribution in [1.82, 2.24) is 0 Å². The van der Waals surface area contributed by atoms with Gasteiger partial charge in [-0.05, 0) is 67.2 Å². The molecule has 2 aromatic carbocycles. The highest BCUT2D eigenvalue weighted by Crippen LogP contribution is 2.40. The number of fused-ring (bicyclic) bond motifs is 1. The van der Waals surface area contributed by atoms with Crippen molar-refractivity contribution in [1.29, 1.82) is 0 Å². The Bertz CT molecular complexity index is 1340. The van der Waals surface area contributed by atoms with Gasteiger partial charge >= 0.3 is 5.97 Å². The number of hydrogen-bond donors (Lipinski definition) is 0. The Kier molecular flexibility index (Phi) is 6.85. The molecular formula is C24H27NO6S2. The molecule has 0 atom stereocenters. The molecule has 1 aliphatic rings. The van der Waals surface area contributed by atoms with E-state index in [1.54, 1.807) is 19.9 Å². The first kappa shape index (κ1) is 24.7. The fourth-order valence-electron chi connectivity index (χ4n) is 4.09. The fourth-order valence-corrected chi connectivity index (χ4v) is 7.03. The van der Waals surface area contributed by atoms with E-state index in [0.717, 1.165) is 29.2 Å². The monoisotopic (exact) mass is 489 g/mol. The van der Waals surface area contributed by atoms with Gasteiger partial charge in [-0.25, -0.2) is 21.6 Å². The molecule has 9 heteroatoms. The molecule has 0 spiro atoms. The Morgan fingerprint density at radius 1 is 1.00 bits per heavy atom. The zero-order chi connectivity index (χ0) is 24.6. The predicted octanol–water partition coefficient (Wildman–Crippen LogP) is 3.59. The lowest BCUT2D eigenvalue weighted by Gasteiger charge is -2.24. The van der Waals surface area contributed by atoms with Crippen LogP contribution in [-0.4, -0.2) is 41.9 Å². The summed E-state index contributed by atoms with van der Waals surface area (Å²) >= 11 is 0. The molecule has 0 amide bonds. The van der Waals surface area contributed by atoms with Gasteiger partial charge in [0.05, 0.1) is 30.4 Å². The van der Waals surface area contributed by atoms with Crippen molar-refractivity contribution >= 4 is 37.3 Å². The van der Waals surface area contributed by atoms with E-state index in [-0.39, 0.29) is 12.3 Å². The van der Waals surface area contributed by atoms with Gasteiger partial charge < -0.3 is 4.74 Å². The molecule has 0 aromatic heterocycles. The van der Waals surface area contributed by atoms with Crippen LogP contribution in [0.2, 0.25) is 0 Å². The van der Waals surface area contributed by atoms with Gasteiger partial charge in [0, 0.05) is 5.57 Å². The van der Waals surface area contributed by atoms with Crippen molar-refractivity contribution < 1.29 is 26.4 Å². The summed E-state index contributed by atoms with van der Waals surface area (Å²) in [5.74, 6) is -0.496. The molecule has 33 heavy (non-hydrogen) atoms. The fraction of sp³-hybridized carbons (Fsp3) is 0.292. The predicted molar refractivity (Wildman–Crippen MR) is 130 cm³/mol. The van der Waals surface area contributed by atoms with Gasteiger partial charge in [0.25, 0.3) is 0 Å². The van der Waals surface area contributed by atoms with Crippen molar-refractivity contribution in [3.63, 3.8) is 0 Å². The Labute approximate surface area is 195 Å². The minimum atomic E-state index is -4.13. The van der Waals surface area contributed by atoms with Gasteiger partial charge in [-0.3, -0.25) is 0 Å². The van der Waals surface area contributed by atoms with Crippen LogP contribution in [0.1, 0.15) is 36.1 Å². The van der Waals surface area contributed by atoms with Crippen LogP contribution in [0.15, 0.2) is 59.7 Å². The molecule has 0 unspecified atom stereocenters. The largest absolute Gasteiger partial charge is 0.462 e. The molecule has 0 fully saturated rings. The molecule has 176 valence electrons.